The number of fused-ring (bicyclic) bond motifs is 4. The minimum absolute atomic E-state index is 0.557. The van der Waals surface area contributed by atoms with Gasteiger partial charge in [-0.1, -0.05) is 54.4 Å². The molecule has 5 fully saturated rings. The van der Waals surface area contributed by atoms with Gasteiger partial charge in [0, 0.05) is 12.5 Å². The predicted molar refractivity (Wildman–Crippen MR) is 131 cm³/mol. The molecule has 0 aliphatic heterocycles. The predicted octanol–water partition coefficient (Wildman–Crippen LogP) is 8.37. The molecule has 0 radical (unpaired) electrons. The molecule has 11 atom stereocenters. The van der Waals surface area contributed by atoms with Gasteiger partial charge >= 0.3 is 0 Å². The Morgan fingerprint density at radius 1 is 0.935 bits per heavy atom. The zero-order valence-electron chi connectivity index (χ0n) is 21.9. The van der Waals surface area contributed by atoms with Crippen molar-refractivity contribution in [3.05, 3.63) is 0 Å². The van der Waals surface area contributed by atoms with Crippen LogP contribution in [0.25, 0.3) is 0 Å². The van der Waals surface area contributed by atoms with E-state index < -0.39 is 0 Å². The van der Waals surface area contributed by atoms with E-state index in [0.29, 0.717) is 22.3 Å². The maximum absolute atomic E-state index is 6.32. The Kier molecular flexibility index (Phi) is 5.68. The summed E-state index contributed by atoms with van der Waals surface area (Å²) in [5.74, 6) is 7.54. The van der Waals surface area contributed by atoms with Crippen LogP contribution in [0, 0.1) is 63.6 Å². The quantitative estimate of drug-likeness (QED) is 0.396. The van der Waals surface area contributed by atoms with Crippen LogP contribution in [0.5, 0.6) is 0 Å². The first kappa shape index (κ1) is 22.7. The number of ether oxygens (including phenoxy) is 1. The van der Waals surface area contributed by atoms with Gasteiger partial charge in [0.25, 0.3) is 0 Å². The van der Waals surface area contributed by atoms with Gasteiger partial charge in [-0.15, -0.1) is 0 Å². The molecule has 0 saturated heterocycles. The molecule has 0 aromatic carbocycles. The Hall–Kier alpha value is -0.0400. The molecule has 0 heterocycles. The minimum Gasteiger partial charge on any atom is -0.381 e. The molecule has 0 aromatic rings. The van der Waals surface area contributed by atoms with Crippen LogP contribution in [0.3, 0.4) is 0 Å². The summed E-state index contributed by atoms with van der Waals surface area (Å²) in [5.41, 5.74) is 1.76. The lowest BCUT2D eigenvalue weighted by molar-refractivity contribution is -0.161. The van der Waals surface area contributed by atoms with Crippen molar-refractivity contribution in [3.63, 3.8) is 0 Å². The lowest BCUT2D eigenvalue weighted by Crippen LogP contribution is -2.57. The Morgan fingerprint density at radius 2 is 1.71 bits per heavy atom. The molecule has 5 aliphatic rings. The Bertz CT molecular complexity index is 669. The summed E-state index contributed by atoms with van der Waals surface area (Å²) < 4.78 is 6.32. The van der Waals surface area contributed by atoms with Gasteiger partial charge in [-0.2, -0.15) is 0 Å². The summed E-state index contributed by atoms with van der Waals surface area (Å²) in [7, 11) is 2.04. The molecule has 0 N–H and O–H groups in total. The van der Waals surface area contributed by atoms with E-state index in [1.165, 1.54) is 70.6 Å². The SMILES string of the molecule is CC[C@H](CCC(C)C1CCC2C3CC(OC)C45CC4CCC5(C)C3CCC12C)C(C)C. The van der Waals surface area contributed by atoms with Crippen molar-refractivity contribution in [1.29, 1.82) is 0 Å². The van der Waals surface area contributed by atoms with Crippen molar-refractivity contribution in [1.82, 2.24) is 0 Å². The van der Waals surface area contributed by atoms with Gasteiger partial charge in [0.05, 0.1) is 6.10 Å². The highest BCUT2D eigenvalue weighted by Gasteiger charge is 2.77. The summed E-state index contributed by atoms with van der Waals surface area (Å²) in [6.07, 6.45) is 16.7. The van der Waals surface area contributed by atoms with Gasteiger partial charge in [-0.05, 0) is 116 Å². The van der Waals surface area contributed by atoms with Crippen molar-refractivity contribution in [2.45, 2.75) is 118 Å². The van der Waals surface area contributed by atoms with Crippen molar-refractivity contribution < 1.29 is 4.74 Å². The third-order valence-electron chi connectivity index (χ3n) is 13.0. The normalized spacial score (nSPS) is 52.3. The van der Waals surface area contributed by atoms with E-state index in [0.717, 1.165) is 47.3 Å². The molecule has 0 amide bonds. The molecule has 5 rings (SSSR count). The van der Waals surface area contributed by atoms with Gasteiger partial charge in [0.1, 0.15) is 0 Å². The second-order valence-electron chi connectivity index (χ2n) is 13.9. The largest absolute Gasteiger partial charge is 0.381 e. The van der Waals surface area contributed by atoms with Crippen LogP contribution in [-0.4, -0.2) is 13.2 Å². The molecule has 10 unspecified atom stereocenters. The van der Waals surface area contributed by atoms with Crippen molar-refractivity contribution in [3.8, 4) is 0 Å². The van der Waals surface area contributed by atoms with E-state index >= 15 is 0 Å². The molecule has 5 saturated carbocycles. The average Bonchev–Trinajstić information content (AvgIpc) is 3.24. The number of hydrogen-bond acceptors (Lipinski definition) is 1. The van der Waals surface area contributed by atoms with Crippen LogP contribution >= 0.6 is 0 Å². The monoisotopic (exact) mass is 428 g/mol. The molecule has 0 aromatic heterocycles. The van der Waals surface area contributed by atoms with E-state index in [1.54, 1.807) is 0 Å². The molecule has 1 nitrogen and oxygen atoms in total. The van der Waals surface area contributed by atoms with Crippen LogP contribution in [0.2, 0.25) is 0 Å². The van der Waals surface area contributed by atoms with Crippen LogP contribution in [0.15, 0.2) is 0 Å². The fraction of sp³-hybridized carbons (Fsp3) is 1.00. The lowest BCUT2D eigenvalue weighted by atomic mass is 9.45. The summed E-state index contributed by atoms with van der Waals surface area (Å²) in [6, 6.07) is 0. The summed E-state index contributed by atoms with van der Waals surface area (Å²) >= 11 is 0. The van der Waals surface area contributed by atoms with Crippen LogP contribution in [-0.2, 0) is 4.74 Å². The third-order valence-corrected chi connectivity index (χ3v) is 13.0. The highest BCUT2D eigenvalue weighted by molar-refractivity contribution is 5.26. The number of hydrogen-bond donors (Lipinski definition) is 0. The molecular formula is C30H52O. The summed E-state index contributed by atoms with van der Waals surface area (Å²) in [5, 5.41) is 0. The Labute approximate surface area is 193 Å². The maximum Gasteiger partial charge on any atom is 0.0638 e. The fourth-order valence-electron chi connectivity index (χ4n) is 11.2. The van der Waals surface area contributed by atoms with Crippen LogP contribution < -0.4 is 0 Å². The van der Waals surface area contributed by atoms with Gasteiger partial charge < -0.3 is 4.74 Å². The van der Waals surface area contributed by atoms with Gasteiger partial charge in [-0.25, -0.2) is 0 Å². The zero-order valence-corrected chi connectivity index (χ0v) is 21.9. The Balaban J connectivity index is 1.33. The Morgan fingerprint density at radius 3 is 2.35 bits per heavy atom. The summed E-state index contributed by atoms with van der Waals surface area (Å²) in [6.45, 7) is 15.4. The first-order chi connectivity index (χ1) is 14.7. The highest BCUT2D eigenvalue weighted by Crippen LogP contribution is 2.82. The molecule has 1 heteroatoms. The smallest absolute Gasteiger partial charge is 0.0638 e. The molecule has 0 bridgehead atoms. The van der Waals surface area contributed by atoms with Crippen LogP contribution in [0.1, 0.15) is 112 Å². The zero-order chi connectivity index (χ0) is 22.2. The highest BCUT2D eigenvalue weighted by atomic mass is 16.5. The number of methoxy groups -OCH3 is 1. The van der Waals surface area contributed by atoms with Gasteiger partial charge in [-0.3, -0.25) is 0 Å². The van der Waals surface area contributed by atoms with Gasteiger partial charge in [0.2, 0.25) is 0 Å². The lowest BCUT2D eigenvalue weighted by Gasteiger charge is -2.61. The van der Waals surface area contributed by atoms with E-state index in [1.807, 2.05) is 7.11 Å². The first-order valence-electron chi connectivity index (χ1n) is 14.3. The number of rotatable bonds is 7. The molecule has 31 heavy (non-hydrogen) atoms. The third kappa shape index (κ3) is 3.03. The molecule has 1 spiro atoms. The fourth-order valence-corrected chi connectivity index (χ4v) is 11.2. The van der Waals surface area contributed by atoms with E-state index in [4.69, 9.17) is 4.74 Å². The van der Waals surface area contributed by atoms with Crippen LogP contribution in [0.4, 0.5) is 0 Å². The summed E-state index contributed by atoms with van der Waals surface area (Å²) in [4.78, 5) is 0. The van der Waals surface area contributed by atoms with Gasteiger partial charge in [0.15, 0.2) is 0 Å². The second kappa shape index (κ2) is 7.74. The average molecular weight is 429 g/mol. The molecule has 178 valence electrons. The molecule has 5 aliphatic carbocycles. The van der Waals surface area contributed by atoms with E-state index in [-0.39, 0.29) is 0 Å². The van der Waals surface area contributed by atoms with Crippen molar-refractivity contribution in [2.75, 3.05) is 7.11 Å². The maximum atomic E-state index is 6.32. The van der Waals surface area contributed by atoms with Crippen molar-refractivity contribution >= 4 is 0 Å². The second-order valence-corrected chi connectivity index (χ2v) is 13.9. The van der Waals surface area contributed by atoms with Crippen molar-refractivity contribution in [2.24, 2.45) is 63.6 Å². The standard InChI is InChI=1S/C30H52O/c1-8-21(19(2)3)10-9-20(4)24-11-12-25-23-17-27(31-7)30-18-22(30)13-16-29(30,6)26(23)14-15-28(24,25)5/h19-27H,8-18H2,1-7H3/t20?,21-,22?,23?,24?,25?,26?,27?,28?,29?,30?/m1/s1. The minimum atomic E-state index is 0.557. The first-order valence-corrected chi connectivity index (χ1v) is 14.3. The molecular weight excluding hydrogens is 376 g/mol. The van der Waals surface area contributed by atoms with E-state index in [9.17, 15) is 0 Å². The van der Waals surface area contributed by atoms with E-state index in [2.05, 4.69) is 41.5 Å². The topological polar surface area (TPSA) is 9.23 Å².